The highest BCUT2D eigenvalue weighted by Gasteiger charge is 2.16. The number of nitrogens with one attached hydrogen (secondary N) is 2. The normalized spacial score (nSPS) is 14.4. The lowest BCUT2D eigenvalue weighted by Gasteiger charge is -2.14. The Balaban J connectivity index is 1.52. The molecule has 3 rings (SSSR count). The summed E-state index contributed by atoms with van der Waals surface area (Å²) in [7, 11) is 0. The number of carbonyl (C=O) groups is 1. The maximum atomic E-state index is 13.5. The van der Waals surface area contributed by atoms with Gasteiger partial charge in [-0.25, -0.2) is 4.39 Å². The zero-order chi connectivity index (χ0) is 16.8. The molecule has 2 aromatic rings. The SMILES string of the molecule is O=C(CNc1cccc(OC2CCCC2)c1)Nc1ccccc1F. The Morgan fingerprint density at radius 1 is 1.12 bits per heavy atom. The lowest BCUT2D eigenvalue weighted by atomic mass is 10.2. The molecular formula is C19H21FN2O2. The third-order valence-corrected chi connectivity index (χ3v) is 4.04. The van der Waals surface area contributed by atoms with Crippen LogP contribution in [0.15, 0.2) is 48.5 Å². The third kappa shape index (κ3) is 4.47. The number of ether oxygens (including phenoxy) is 1. The highest BCUT2D eigenvalue weighted by Crippen LogP contribution is 2.25. The fourth-order valence-electron chi connectivity index (χ4n) is 2.82. The first-order valence-electron chi connectivity index (χ1n) is 8.26. The molecule has 0 heterocycles. The van der Waals surface area contributed by atoms with Crippen molar-refractivity contribution in [2.24, 2.45) is 0 Å². The van der Waals surface area contributed by atoms with Crippen LogP contribution >= 0.6 is 0 Å². The first-order chi connectivity index (χ1) is 11.7. The molecule has 1 aliphatic carbocycles. The largest absolute Gasteiger partial charge is 0.490 e. The van der Waals surface area contributed by atoms with Gasteiger partial charge in [0.25, 0.3) is 0 Å². The van der Waals surface area contributed by atoms with E-state index in [1.807, 2.05) is 24.3 Å². The number of hydrogen-bond acceptors (Lipinski definition) is 3. The number of hydrogen-bond donors (Lipinski definition) is 2. The molecule has 4 nitrogen and oxygen atoms in total. The van der Waals surface area contributed by atoms with Crippen molar-refractivity contribution < 1.29 is 13.9 Å². The minimum absolute atomic E-state index is 0.0568. The van der Waals surface area contributed by atoms with Crippen LogP contribution in [0.2, 0.25) is 0 Å². The van der Waals surface area contributed by atoms with Crippen molar-refractivity contribution in [1.29, 1.82) is 0 Å². The molecule has 0 saturated heterocycles. The van der Waals surface area contributed by atoms with Gasteiger partial charge in [-0.15, -0.1) is 0 Å². The van der Waals surface area contributed by atoms with E-state index in [0.29, 0.717) is 6.10 Å². The van der Waals surface area contributed by atoms with E-state index in [9.17, 15) is 9.18 Å². The summed E-state index contributed by atoms with van der Waals surface area (Å²) >= 11 is 0. The second-order valence-electron chi connectivity index (χ2n) is 5.93. The Kier molecular flexibility index (Phi) is 5.31. The number of carbonyl (C=O) groups excluding carboxylic acids is 1. The van der Waals surface area contributed by atoms with Crippen molar-refractivity contribution in [2.45, 2.75) is 31.8 Å². The molecule has 2 N–H and O–H groups in total. The van der Waals surface area contributed by atoms with E-state index in [4.69, 9.17) is 4.74 Å². The molecule has 1 fully saturated rings. The second kappa shape index (κ2) is 7.81. The molecule has 2 aromatic carbocycles. The molecule has 126 valence electrons. The van der Waals surface area contributed by atoms with Crippen molar-refractivity contribution >= 4 is 17.3 Å². The van der Waals surface area contributed by atoms with Gasteiger partial charge in [-0.05, 0) is 49.9 Å². The molecule has 24 heavy (non-hydrogen) atoms. The van der Waals surface area contributed by atoms with Crippen LogP contribution in [-0.4, -0.2) is 18.6 Å². The summed E-state index contributed by atoms with van der Waals surface area (Å²) in [6, 6.07) is 13.7. The van der Waals surface area contributed by atoms with Crippen LogP contribution < -0.4 is 15.4 Å². The smallest absolute Gasteiger partial charge is 0.243 e. The highest BCUT2D eigenvalue weighted by atomic mass is 19.1. The summed E-state index contributed by atoms with van der Waals surface area (Å²) in [6.07, 6.45) is 4.94. The molecule has 0 bridgehead atoms. The molecule has 0 unspecified atom stereocenters. The quantitative estimate of drug-likeness (QED) is 0.835. The molecule has 1 amide bonds. The van der Waals surface area contributed by atoms with Gasteiger partial charge in [0, 0.05) is 11.8 Å². The summed E-state index contributed by atoms with van der Waals surface area (Å²) in [4.78, 5) is 11.9. The van der Waals surface area contributed by atoms with Gasteiger partial charge in [-0.2, -0.15) is 0 Å². The molecule has 1 saturated carbocycles. The lowest BCUT2D eigenvalue weighted by Crippen LogP contribution is -2.22. The molecular weight excluding hydrogens is 307 g/mol. The lowest BCUT2D eigenvalue weighted by molar-refractivity contribution is -0.114. The van der Waals surface area contributed by atoms with Crippen molar-refractivity contribution in [2.75, 3.05) is 17.2 Å². The maximum Gasteiger partial charge on any atom is 0.243 e. The van der Waals surface area contributed by atoms with Gasteiger partial charge in [0.1, 0.15) is 11.6 Å². The van der Waals surface area contributed by atoms with Crippen LogP contribution in [0, 0.1) is 5.82 Å². The number of anilines is 2. The van der Waals surface area contributed by atoms with Crippen molar-refractivity contribution in [3.05, 3.63) is 54.3 Å². The monoisotopic (exact) mass is 328 g/mol. The Labute approximate surface area is 141 Å². The van der Waals surface area contributed by atoms with Crippen molar-refractivity contribution in [1.82, 2.24) is 0 Å². The highest BCUT2D eigenvalue weighted by molar-refractivity contribution is 5.93. The topological polar surface area (TPSA) is 50.4 Å². The Hall–Kier alpha value is -2.56. The minimum Gasteiger partial charge on any atom is -0.490 e. The fraction of sp³-hybridized carbons (Fsp3) is 0.316. The van der Waals surface area contributed by atoms with Crippen molar-refractivity contribution in [3.63, 3.8) is 0 Å². The van der Waals surface area contributed by atoms with Crippen molar-refractivity contribution in [3.8, 4) is 5.75 Å². The van der Waals surface area contributed by atoms with E-state index in [1.54, 1.807) is 12.1 Å². The number of para-hydroxylation sites is 1. The molecule has 0 aromatic heterocycles. The standard InChI is InChI=1S/C19H21FN2O2/c20-17-10-3-4-11-18(17)22-19(23)13-21-14-6-5-9-16(12-14)24-15-7-1-2-8-15/h3-6,9-12,15,21H,1-2,7-8,13H2,(H,22,23). The summed E-state index contributed by atoms with van der Waals surface area (Å²) < 4.78 is 19.5. The Morgan fingerprint density at radius 3 is 2.71 bits per heavy atom. The summed E-state index contributed by atoms with van der Waals surface area (Å²) in [6.45, 7) is 0.0568. The van der Waals surface area contributed by atoms with Crippen LogP contribution in [0.25, 0.3) is 0 Å². The predicted octanol–water partition coefficient (Wildman–Crippen LogP) is 4.20. The van der Waals surface area contributed by atoms with Crippen LogP contribution in [0.1, 0.15) is 25.7 Å². The average molecular weight is 328 g/mol. The van der Waals surface area contributed by atoms with E-state index >= 15 is 0 Å². The molecule has 0 radical (unpaired) electrons. The van der Waals surface area contributed by atoms with Gasteiger partial charge in [0.05, 0.1) is 18.3 Å². The number of amides is 1. The van der Waals surface area contributed by atoms with Gasteiger partial charge in [0.2, 0.25) is 5.91 Å². The Bertz CT molecular complexity index is 699. The van der Waals surface area contributed by atoms with Gasteiger partial charge in [-0.1, -0.05) is 18.2 Å². The van der Waals surface area contributed by atoms with Crippen LogP contribution in [0.4, 0.5) is 15.8 Å². The fourth-order valence-corrected chi connectivity index (χ4v) is 2.82. The zero-order valence-corrected chi connectivity index (χ0v) is 13.4. The van der Waals surface area contributed by atoms with E-state index in [-0.39, 0.29) is 18.1 Å². The summed E-state index contributed by atoms with van der Waals surface area (Å²) in [5.41, 5.74) is 0.983. The van der Waals surface area contributed by atoms with Crippen LogP contribution in [0.3, 0.4) is 0 Å². The number of benzene rings is 2. The zero-order valence-electron chi connectivity index (χ0n) is 13.4. The van der Waals surface area contributed by atoms with E-state index < -0.39 is 5.82 Å². The average Bonchev–Trinajstić information content (AvgIpc) is 3.08. The summed E-state index contributed by atoms with van der Waals surface area (Å²) in [5, 5.41) is 5.58. The Morgan fingerprint density at radius 2 is 1.92 bits per heavy atom. The van der Waals surface area contributed by atoms with Gasteiger partial charge < -0.3 is 15.4 Å². The first-order valence-corrected chi connectivity index (χ1v) is 8.26. The van der Waals surface area contributed by atoms with Crippen LogP contribution in [0.5, 0.6) is 5.75 Å². The molecule has 1 aliphatic rings. The van der Waals surface area contributed by atoms with E-state index in [0.717, 1.165) is 24.3 Å². The van der Waals surface area contributed by atoms with E-state index in [1.165, 1.54) is 25.0 Å². The molecule has 5 heteroatoms. The molecule has 0 aliphatic heterocycles. The van der Waals surface area contributed by atoms with Crippen LogP contribution in [-0.2, 0) is 4.79 Å². The second-order valence-corrected chi connectivity index (χ2v) is 5.93. The predicted molar refractivity (Wildman–Crippen MR) is 92.8 cm³/mol. The van der Waals surface area contributed by atoms with Gasteiger partial charge >= 0.3 is 0 Å². The number of halogens is 1. The molecule has 0 atom stereocenters. The van der Waals surface area contributed by atoms with Gasteiger partial charge in [0.15, 0.2) is 0 Å². The summed E-state index contributed by atoms with van der Waals surface area (Å²) in [5.74, 6) is 0.0569. The van der Waals surface area contributed by atoms with Gasteiger partial charge in [-0.3, -0.25) is 4.79 Å². The first kappa shape index (κ1) is 16.3. The molecule has 0 spiro atoms. The third-order valence-electron chi connectivity index (χ3n) is 4.04. The number of rotatable bonds is 6. The maximum absolute atomic E-state index is 13.5. The minimum atomic E-state index is -0.446. The van der Waals surface area contributed by atoms with E-state index in [2.05, 4.69) is 10.6 Å².